The highest BCUT2D eigenvalue weighted by atomic mass is 35.5. The average molecular weight is 282 g/mol. The van der Waals surface area contributed by atoms with Crippen LogP contribution >= 0.6 is 11.6 Å². The van der Waals surface area contributed by atoms with E-state index in [1.54, 1.807) is 12.1 Å². The molecule has 0 amide bonds. The molecule has 19 heavy (non-hydrogen) atoms. The quantitative estimate of drug-likeness (QED) is 0.796. The van der Waals surface area contributed by atoms with Gasteiger partial charge in [0.25, 0.3) is 0 Å². The van der Waals surface area contributed by atoms with Gasteiger partial charge in [0.05, 0.1) is 11.6 Å². The van der Waals surface area contributed by atoms with E-state index < -0.39 is 0 Å². The summed E-state index contributed by atoms with van der Waals surface area (Å²) in [5, 5.41) is 4.41. The highest BCUT2D eigenvalue weighted by Gasteiger charge is 2.19. The van der Waals surface area contributed by atoms with E-state index in [4.69, 9.17) is 11.6 Å². The van der Waals surface area contributed by atoms with E-state index in [0.717, 1.165) is 29.3 Å². The van der Waals surface area contributed by atoms with Crippen LogP contribution in [0.15, 0.2) is 24.3 Å². The van der Waals surface area contributed by atoms with Crippen molar-refractivity contribution in [2.24, 2.45) is 7.05 Å². The molecule has 0 N–H and O–H groups in total. The predicted octanol–water partition coefficient (Wildman–Crippen LogP) is 3.76. The molecule has 0 aliphatic carbocycles. The molecule has 1 aromatic heterocycles. The minimum atomic E-state index is -0.237. The third-order valence-corrected chi connectivity index (χ3v) is 3.42. The van der Waals surface area contributed by atoms with Crippen LogP contribution in [-0.4, -0.2) is 16.3 Å². The summed E-state index contributed by atoms with van der Waals surface area (Å²) in [6.45, 7) is 4.75. The maximum Gasteiger partial charge on any atom is 0.135 e. The minimum Gasteiger partial charge on any atom is -0.327 e. The normalized spacial score (nSPS) is 10.8. The van der Waals surface area contributed by atoms with Gasteiger partial charge >= 0.3 is 0 Å². The number of hydrogen-bond acceptors (Lipinski definition) is 2. The molecule has 3 nitrogen and oxygen atoms in total. The number of aryl methyl sites for hydroxylation is 2. The summed E-state index contributed by atoms with van der Waals surface area (Å²) >= 11 is 6.02. The second kappa shape index (κ2) is 5.61. The lowest BCUT2D eigenvalue weighted by atomic mass is 10.2. The summed E-state index contributed by atoms with van der Waals surface area (Å²) in [5.74, 6) is 1.13. The van der Waals surface area contributed by atoms with E-state index in [0.29, 0.717) is 5.88 Å². The van der Waals surface area contributed by atoms with Crippen LogP contribution in [0.1, 0.15) is 18.2 Å². The van der Waals surface area contributed by atoms with Gasteiger partial charge in [0.15, 0.2) is 0 Å². The first-order valence-electron chi connectivity index (χ1n) is 6.20. The number of nitrogens with zero attached hydrogens (tertiary/aromatic N) is 3. The van der Waals surface area contributed by atoms with Crippen LogP contribution < -0.4 is 4.90 Å². The van der Waals surface area contributed by atoms with E-state index in [-0.39, 0.29) is 5.82 Å². The third kappa shape index (κ3) is 2.59. The number of hydrogen-bond donors (Lipinski definition) is 0. The van der Waals surface area contributed by atoms with Crippen LogP contribution in [0.2, 0.25) is 0 Å². The number of aromatic nitrogens is 2. The van der Waals surface area contributed by atoms with Gasteiger partial charge in [0.1, 0.15) is 11.6 Å². The molecule has 1 aromatic carbocycles. The molecule has 5 heteroatoms. The number of anilines is 2. The molecule has 0 fully saturated rings. The molecule has 2 aromatic rings. The lowest BCUT2D eigenvalue weighted by Crippen LogP contribution is -2.20. The highest BCUT2D eigenvalue weighted by molar-refractivity contribution is 6.17. The van der Waals surface area contributed by atoms with Gasteiger partial charge in [0.2, 0.25) is 0 Å². The van der Waals surface area contributed by atoms with Crippen molar-refractivity contribution in [3.8, 4) is 0 Å². The first-order chi connectivity index (χ1) is 9.08. The fraction of sp³-hybridized carbons (Fsp3) is 0.357. The minimum absolute atomic E-state index is 0.237. The maximum atomic E-state index is 13.0. The number of benzene rings is 1. The first-order valence-corrected chi connectivity index (χ1v) is 6.73. The Balaban J connectivity index is 2.50. The van der Waals surface area contributed by atoms with Crippen molar-refractivity contribution in [1.29, 1.82) is 0 Å². The zero-order valence-electron chi connectivity index (χ0n) is 11.3. The van der Waals surface area contributed by atoms with Crippen LogP contribution in [0.4, 0.5) is 15.9 Å². The zero-order valence-corrected chi connectivity index (χ0v) is 12.1. The summed E-state index contributed by atoms with van der Waals surface area (Å²) in [6.07, 6.45) is 0. The van der Waals surface area contributed by atoms with Crippen molar-refractivity contribution in [1.82, 2.24) is 9.78 Å². The summed E-state index contributed by atoms with van der Waals surface area (Å²) in [5.41, 5.74) is 2.86. The second-order valence-corrected chi connectivity index (χ2v) is 4.63. The SMILES string of the molecule is CCN(c1ccc(F)cc1)c1c(CCl)c(C)nn1C. The number of halogens is 2. The van der Waals surface area contributed by atoms with Crippen LogP contribution in [0.25, 0.3) is 0 Å². The van der Waals surface area contributed by atoms with Gasteiger partial charge in [-0.2, -0.15) is 5.10 Å². The van der Waals surface area contributed by atoms with Crippen LogP contribution in [-0.2, 0) is 12.9 Å². The molecule has 1 heterocycles. The molecule has 102 valence electrons. The van der Waals surface area contributed by atoms with Crippen molar-refractivity contribution < 1.29 is 4.39 Å². The molecule has 0 spiro atoms. The van der Waals surface area contributed by atoms with E-state index in [2.05, 4.69) is 10.00 Å². The Bertz CT molecular complexity index is 563. The lowest BCUT2D eigenvalue weighted by molar-refractivity contribution is 0.627. The summed E-state index contributed by atoms with van der Waals surface area (Å²) in [7, 11) is 1.89. The first kappa shape index (κ1) is 13.9. The number of alkyl halides is 1. The third-order valence-electron chi connectivity index (χ3n) is 3.16. The molecule has 0 aliphatic rings. The molecule has 0 aliphatic heterocycles. The van der Waals surface area contributed by atoms with Crippen molar-refractivity contribution in [3.63, 3.8) is 0 Å². The maximum absolute atomic E-state index is 13.0. The molecule has 0 radical (unpaired) electrons. The van der Waals surface area contributed by atoms with Gasteiger partial charge in [-0.05, 0) is 38.1 Å². The van der Waals surface area contributed by atoms with Gasteiger partial charge in [-0.25, -0.2) is 4.39 Å². The predicted molar refractivity (Wildman–Crippen MR) is 76.6 cm³/mol. The van der Waals surface area contributed by atoms with Crippen molar-refractivity contribution in [2.75, 3.05) is 11.4 Å². The number of rotatable bonds is 4. The van der Waals surface area contributed by atoms with Crippen molar-refractivity contribution in [2.45, 2.75) is 19.7 Å². The molecule has 0 bridgehead atoms. The highest BCUT2D eigenvalue weighted by Crippen LogP contribution is 2.30. The van der Waals surface area contributed by atoms with Gasteiger partial charge < -0.3 is 4.90 Å². The monoisotopic (exact) mass is 281 g/mol. The molecule has 0 saturated carbocycles. The Labute approximate surface area is 117 Å². The van der Waals surface area contributed by atoms with Gasteiger partial charge in [0, 0.05) is 24.8 Å². The fourth-order valence-electron chi connectivity index (χ4n) is 2.26. The topological polar surface area (TPSA) is 21.1 Å². The average Bonchev–Trinajstić information content (AvgIpc) is 2.67. The van der Waals surface area contributed by atoms with Gasteiger partial charge in [-0.3, -0.25) is 4.68 Å². The standard InChI is InChI=1S/C14H17ClFN3/c1-4-19(12-7-5-11(16)6-8-12)14-13(9-15)10(2)17-18(14)3/h5-8H,4,9H2,1-3H3. The van der Waals surface area contributed by atoms with Crippen LogP contribution in [0.5, 0.6) is 0 Å². The molecular weight excluding hydrogens is 265 g/mol. The van der Waals surface area contributed by atoms with E-state index in [9.17, 15) is 4.39 Å². The Morgan fingerprint density at radius 2 is 1.95 bits per heavy atom. The smallest absolute Gasteiger partial charge is 0.135 e. The van der Waals surface area contributed by atoms with Crippen LogP contribution in [0.3, 0.4) is 0 Å². The van der Waals surface area contributed by atoms with E-state index >= 15 is 0 Å². The van der Waals surface area contributed by atoms with Crippen molar-refractivity contribution >= 4 is 23.1 Å². The second-order valence-electron chi connectivity index (χ2n) is 4.37. The van der Waals surface area contributed by atoms with Gasteiger partial charge in [-0.1, -0.05) is 0 Å². The largest absolute Gasteiger partial charge is 0.327 e. The Morgan fingerprint density at radius 3 is 2.47 bits per heavy atom. The molecule has 0 saturated heterocycles. The van der Waals surface area contributed by atoms with Gasteiger partial charge in [-0.15, -0.1) is 11.6 Å². The summed E-state index contributed by atoms with van der Waals surface area (Å²) in [6, 6.07) is 6.45. The van der Waals surface area contributed by atoms with Crippen molar-refractivity contribution in [3.05, 3.63) is 41.3 Å². The van der Waals surface area contributed by atoms with E-state index in [1.807, 2.05) is 25.6 Å². The molecule has 0 unspecified atom stereocenters. The van der Waals surface area contributed by atoms with Crippen LogP contribution in [0, 0.1) is 12.7 Å². The Hall–Kier alpha value is -1.55. The zero-order chi connectivity index (χ0) is 14.0. The lowest BCUT2D eigenvalue weighted by Gasteiger charge is -2.24. The summed E-state index contributed by atoms with van der Waals surface area (Å²) in [4.78, 5) is 2.08. The Morgan fingerprint density at radius 1 is 1.32 bits per heavy atom. The van der Waals surface area contributed by atoms with E-state index in [1.165, 1.54) is 12.1 Å². The molecular formula is C14H17ClFN3. The Kier molecular flexibility index (Phi) is 4.10. The molecule has 2 rings (SSSR count). The fourth-order valence-corrected chi connectivity index (χ4v) is 2.57. The molecule has 0 atom stereocenters. The summed E-state index contributed by atoms with van der Waals surface area (Å²) < 4.78 is 14.8.